The zero-order valence-electron chi connectivity index (χ0n) is 11.4. The van der Waals surface area contributed by atoms with E-state index in [1.165, 1.54) is 6.07 Å². The quantitative estimate of drug-likeness (QED) is 0.883. The predicted octanol–water partition coefficient (Wildman–Crippen LogP) is 4.27. The normalized spacial score (nSPS) is 10.8. The van der Waals surface area contributed by atoms with E-state index in [-0.39, 0.29) is 5.82 Å². The Morgan fingerprint density at radius 2 is 2.15 bits per heavy atom. The molecule has 0 radical (unpaired) electrons. The Morgan fingerprint density at radius 3 is 2.85 bits per heavy atom. The van der Waals surface area contributed by atoms with Gasteiger partial charge in [-0.2, -0.15) is 0 Å². The van der Waals surface area contributed by atoms with E-state index in [1.54, 1.807) is 30.6 Å². The molecule has 0 saturated carbocycles. The van der Waals surface area contributed by atoms with Crippen molar-refractivity contribution in [3.05, 3.63) is 52.5 Å². The Labute approximate surface area is 126 Å². The van der Waals surface area contributed by atoms with E-state index < -0.39 is 0 Å². The lowest BCUT2D eigenvalue weighted by Crippen LogP contribution is -2.22. The second-order valence-corrected chi connectivity index (χ2v) is 5.55. The molecular formula is C15H16BrFN2O. The minimum atomic E-state index is -0.311. The Balaban J connectivity index is 2.17. The van der Waals surface area contributed by atoms with Crippen molar-refractivity contribution in [2.24, 2.45) is 0 Å². The van der Waals surface area contributed by atoms with E-state index >= 15 is 0 Å². The fraction of sp³-hybridized carbons (Fsp3) is 0.267. The van der Waals surface area contributed by atoms with Crippen molar-refractivity contribution >= 4 is 15.9 Å². The van der Waals surface area contributed by atoms with Crippen LogP contribution in [0.4, 0.5) is 4.39 Å². The topological polar surface area (TPSA) is 34.2 Å². The molecule has 0 spiro atoms. The first-order chi connectivity index (χ1) is 9.56. The van der Waals surface area contributed by atoms with Crippen LogP contribution < -0.4 is 10.1 Å². The van der Waals surface area contributed by atoms with Gasteiger partial charge in [0.1, 0.15) is 17.3 Å². The first-order valence-corrected chi connectivity index (χ1v) is 7.14. The van der Waals surface area contributed by atoms with E-state index in [2.05, 4.69) is 40.1 Å². The summed E-state index contributed by atoms with van der Waals surface area (Å²) in [6, 6.07) is 6.75. The Bertz CT molecular complexity index is 590. The van der Waals surface area contributed by atoms with E-state index in [1.807, 2.05) is 0 Å². The Hall–Kier alpha value is -1.46. The summed E-state index contributed by atoms with van der Waals surface area (Å²) in [4.78, 5) is 4.11. The second-order valence-electron chi connectivity index (χ2n) is 4.70. The molecule has 0 atom stereocenters. The molecule has 1 heterocycles. The summed E-state index contributed by atoms with van der Waals surface area (Å²) in [5.74, 6) is 0.982. The average molecular weight is 339 g/mol. The number of benzene rings is 1. The second kappa shape index (κ2) is 6.81. The first kappa shape index (κ1) is 14.9. The average Bonchev–Trinajstić information content (AvgIpc) is 2.42. The SMILES string of the molecule is CC(C)NCc1cnccc1Oc1ccc(F)c(Br)c1. The summed E-state index contributed by atoms with van der Waals surface area (Å²) >= 11 is 3.15. The van der Waals surface area contributed by atoms with Crippen LogP contribution in [0.1, 0.15) is 19.4 Å². The molecule has 1 aromatic heterocycles. The number of nitrogens with zero attached hydrogens (tertiary/aromatic N) is 1. The van der Waals surface area contributed by atoms with Crippen LogP contribution in [0, 0.1) is 5.82 Å². The van der Waals surface area contributed by atoms with Gasteiger partial charge in [0, 0.05) is 30.5 Å². The molecule has 0 bridgehead atoms. The fourth-order valence-electron chi connectivity index (χ4n) is 1.63. The molecule has 0 aliphatic heterocycles. The molecular weight excluding hydrogens is 323 g/mol. The number of aromatic nitrogens is 1. The van der Waals surface area contributed by atoms with Crippen molar-refractivity contribution < 1.29 is 9.13 Å². The number of hydrogen-bond donors (Lipinski definition) is 1. The molecule has 1 N–H and O–H groups in total. The standard InChI is InChI=1S/C15H16BrFN2O/c1-10(2)19-9-11-8-18-6-5-15(11)20-12-3-4-14(17)13(16)7-12/h3-8,10,19H,9H2,1-2H3. The highest BCUT2D eigenvalue weighted by molar-refractivity contribution is 9.10. The van der Waals surface area contributed by atoms with Gasteiger partial charge in [0.25, 0.3) is 0 Å². The Kier molecular flexibility index (Phi) is 5.09. The van der Waals surface area contributed by atoms with Crippen LogP contribution in [0.5, 0.6) is 11.5 Å². The van der Waals surface area contributed by atoms with Gasteiger partial charge < -0.3 is 10.1 Å². The van der Waals surface area contributed by atoms with Crippen molar-refractivity contribution in [1.82, 2.24) is 10.3 Å². The number of nitrogens with one attached hydrogen (secondary N) is 1. The van der Waals surface area contributed by atoms with Gasteiger partial charge in [-0.05, 0) is 40.2 Å². The van der Waals surface area contributed by atoms with Gasteiger partial charge in [-0.15, -0.1) is 0 Å². The maximum Gasteiger partial charge on any atom is 0.137 e. The molecule has 0 unspecified atom stereocenters. The molecule has 20 heavy (non-hydrogen) atoms. The lowest BCUT2D eigenvalue weighted by Gasteiger charge is -2.13. The van der Waals surface area contributed by atoms with Gasteiger partial charge in [-0.3, -0.25) is 4.98 Å². The van der Waals surface area contributed by atoms with Gasteiger partial charge in [-0.1, -0.05) is 13.8 Å². The van der Waals surface area contributed by atoms with Crippen LogP contribution >= 0.6 is 15.9 Å². The highest BCUT2D eigenvalue weighted by Gasteiger charge is 2.07. The molecule has 5 heteroatoms. The van der Waals surface area contributed by atoms with E-state index in [9.17, 15) is 4.39 Å². The van der Waals surface area contributed by atoms with Crippen molar-refractivity contribution in [3.8, 4) is 11.5 Å². The monoisotopic (exact) mass is 338 g/mol. The molecule has 0 amide bonds. The van der Waals surface area contributed by atoms with Crippen molar-refractivity contribution in [1.29, 1.82) is 0 Å². The van der Waals surface area contributed by atoms with Gasteiger partial charge in [0.2, 0.25) is 0 Å². The van der Waals surface area contributed by atoms with Crippen molar-refractivity contribution in [2.75, 3.05) is 0 Å². The molecule has 1 aromatic carbocycles. The van der Waals surface area contributed by atoms with Gasteiger partial charge in [0.15, 0.2) is 0 Å². The molecule has 2 aromatic rings. The lowest BCUT2D eigenvalue weighted by atomic mass is 10.2. The molecule has 0 aliphatic carbocycles. The summed E-state index contributed by atoms with van der Waals surface area (Å²) in [6.45, 7) is 4.82. The molecule has 0 fully saturated rings. The summed E-state index contributed by atoms with van der Waals surface area (Å²) in [5.41, 5.74) is 0.960. The fourth-order valence-corrected chi connectivity index (χ4v) is 1.99. The third kappa shape index (κ3) is 4.02. The van der Waals surface area contributed by atoms with Gasteiger partial charge in [-0.25, -0.2) is 4.39 Å². The maximum absolute atomic E-state index is 13.2. The van der Waals surface area contributed by atoms with Crippen LogP contribution in [0.2, 0.25) is 0 Å². The van der Waals surface area contributed by atoms with Crippen molar-refractivity contribution in [2.45, 2.75) is 26.4 Å². The van der Waals surface area contributed by atoms with Gasteiger partial charge >= 0.3 is 0 Å². The van der Waals surface area contributed by atoms with Gasteiger partial charge in [0.05, 0.1) is 4.47 Å². The van der Waals surface area contributed by atoms with Crippen LogP contribution in [0.15, 0.2) is 41.1 Å². The third-order valence-corrected chi connectivity index (χ3v) is 3.29. The predicted molar refractivity (Wildman–Crippen MR) is 80.4 cm³/mol. The Morgan fingerprint density at radius 1 is 1.35 bits per heavy atom. The van der Waals surface area contributed by atoms with E-state index in [4.69, 9.17) is 4.74 Å². The summed E-state index contributed by atoms with van der Waals surface area (Å²) in [5, 5.41) is 3.32. The largest absolute Gasteiger partial charge is 0.457 e. The van der Waals surface area contributed by atoms with Crippen LogP contribution in [-0.2, 0) is 6.54 Å². The lowest BCUT2D eigenvalue weighted by molar-refractivity contribution is 0.466. The van der Waals surface area contributed by atoms with E-state index in [0.717, 1.165) is 5.56 Å². The smallest absolute Gasteiger partial charge is 0.137 e. The molecule has 2 rings (SSSR count). The minimum Gasteiger partial charge on any atom is -0.457 e. The van der Waals surface area contributed by atoms with E-state index in [0.29, 0.717) is 28.6 Å². The molecule has 3 nitrogen and oxygen atoms in total. The minimum absolute atomic E-state index is 0.311. The number of halogens is 2. The highest BCUT2D eigenvalue weighted by atomic mass is 79.9. The molecule has 0 aliphatic rings. The maximum atomic E-state index is 13.2. The van der Waals surface area contributed by atoms with Crippen LogP contribution in [0.25, 0.3) is 0 Å². The zero-order chi connectivity index (χ0) is 14.5. The molecule has 0 saturated heterocycles. The highest BCUT2D eigenvalue weighted by Crippen LogP contribution is 2.28. The first-order valence-electron chi connectivity index (χ1n) is 6.35. The van der Waals surface area contributed by atoms with Crippen LogP contribution in [0.3, 0.4) is 0 Å². The van der Waals surface area contributed by atoms with Crippen molar-refractivity contribution in [3.63, 3.8) is 0 Å². The zero-order valence-corrected chi connectivity index (χ0v) is 12.9. The number of pyridine rings is 1. The molecule has 106 valence electrons. The summed E-state index contributed by atoms with van der Waals surface area (Å²) in [7, 11) is 0. The number of hydrogen-bond acceptors (Lipinski definition) is 3. The summed E-state index contributed by atoms with van der Waals surface area (Å²) in [6.07, 6.45) is 3.44. The summed E-state index contributed by atoms with van der Waals surface area (Å²) < 4.78 is 19.4. The third-order valence-electron chi connectivity index (χ3n) is 2.68. The van der Waals surface area contributed by atoms with Crippen LogP contribution in [-0.4, -0.2) is 11.0 Å². The number of rotatable bonds is 5. The number of ether oxygens (including phenoxy) is 1.